The number of esters is 1. The molecule has 0 aliphatic carbocycles. The Bertz CT molecular complexity index is 616. The molecule has 0 saturated heterocycles. The lowest BCUT2D eigenvalue weighted by molar-refractivity contribution is -0.136. The van der Waals surface area contributed by atoms with Crippen LogP contribution in [0.4, 0.5) is 5.69 Å². The molecule has 0 bridgehead atoms. The molecular weight excluding hydrogens is 334 g/mol. The van der Waals surface area contributed by atoms with Gasteiger partial charge in [0.05, 0.1) is 13.2 Å². The summed E-state index contributed by atoms with van der Waals surface area (Å²) in [4.78, 5) is 24.7. The Morgan fingerprint density at radius 2 is 1.92 bits per heavy atom. The number of benzene rings is 1. The highest BCUT2D eigenvalue weighted by Crippen LogP contribution is 2.27. The van der Waals surface area contributed by atoms with E-state index < -0.39 is 11.6 Å². The van der Waals surface area contributed by atoms with Crippen LogP contribution in [0.15, 0.2) is 18.2 Å². The van der Waals surface area contributed by atoms with Crippen molar-refractivity contribution in [3.63, 3.8) is 0 Å². The Balaban J connectivity index is 3.06. The van der Waals surface area contributed by atoms with E-state index in [1.54, 1.807) is 25.1 Å². The Labute approximate surface area is 156 Å². The molecule has 0 saturated carbocycles. The Morgan fingerprint density at radius 3 is 2.46 bits per heavy atom. The van der Waals surface area contributed by atoms with Crippen LogP contribution in [0, 0.1) is 0 Å². The number of hydrogen-bond donors (Lipinski definition) is 1. The molecule has 0 aliphatic heterocycles. The maximum Gasteiger partial charge on any atom is 0.341 e. The number of unbranched alkanes of at least 4 members (excludes halogenated alkanes) is 1. The number of ether oxygens (including phenoxy) is 3. The molecule has 0 fully saturated rings. The van der Waals surface area contributed by atoms with E-state index in [9.17, 15) is 9.59 Å². The van der Waals surface area contributed by atoms with Crippen LogP contribution < -0.4 is 10.1 Å². The molecule has 1 N–H and O–H groups in total. The zero-order valence-electron chi connectivity index (χ0n) is 16.7. The molecule has 0 radical (unpaired) electrons. The van der Waals surface area contributed by atoms with Crippen LogP contribution in [-0.2, 0) is 14.3 Å². The molecule has 0 aromatic heterocycles. The van der Waals surface area contributed by atoms with E-state index in [1.807, 2.05) is 13.8 Å². The summed E-state index contributed by atoms with van der Waals surface area (Å²) in [5, 5.41) is 2.83. The molecule has 0 aliphatic rings. The lowest BCUT2D eigenvalue weighted by atomic mass is 9.97. The highest BCUT2D eigenvalue weighted by molar-refractivity contribution is 5.99. The van der Waals surface area contributed by atoms with E-state index >= 15 is 0 Å². The van der Waals surface area contributed by atoms with Crippen LogP contribution in [0.5, 0.6) is 5.75 Å². The number of rotatable bonds is 10. The number of anilines is 1. The third-order valence-electron chi connectivity index (χ3n) is 4.48. The van der Waals surface area contributed by atoms with E-state index in [0.29, 0.717) is 17.9 Å². The van der Waals surface area contributed by atoms with Crippen LogP contribution >= 0.6 is 0 Å². The van der Waals surface area contributed by atoms with Crippen molar-refractivity contribution in [1.82, 2.24) is 0 Å². The Hall–Kier alpha value is -2.08. The molecule has 6 heteroatoms. The molecule has 1 rings (SSSR count). The van der Waals surface area contributed by atoms with Gasteiger partial charge in [0.25, 0.3) is 5.91 Å². The van der Waals surface area contributed by atoms with Crippen LogP contribution in [0.3, 0.4) is 0 Å². The van der Waals surface area contributed by atoms with Crippen molar-refractivity contribution < 1.29 is 23.8 Å². The smallest absolute Gasteiger partial charge is 0.341 e. The molecule has 26 heavy (non-hydrogen) atoms. The average Bonchev–Trinajstić information content (AvgIpc) is 2.66. The topological polar surface area (TPSA) is 73.9 Å². The molecule has 2 atom stereocenters. The molecule has 0 heterocycles. The Kier molecular flexibility index (Phi) is 8.58. The van der Waals surface area contributed by atoms with Gasteiger partial charge in [0, 0.05) is 12.8 Å². The minimum atomic E-state index is -0.923. The van der Waals surface area contributed by atoms with E-state index in [2.05, 4.69) is 12.2 Å². The van der Waals surface area contributed by atoms with Crippen LogP contribution in [0.25, 0.3) is 0 Å². The fraction of sp³-hybridized carbons (Fsp3) is 0.600. The van der Waals surface area contributed by atoms with Gasteiger partial charge in [-0.25, -0.2) is 4.79 Å². The van der Waals surface area contributed by atoms with E-state index in [0.717, 1.165) is 19.3 Å². The van der Waals surface area contributed by atoms with E-state index in [1.165, 1.54) is 14.2 Å². The van der Waals surface area contributed by atoms with Gasteiger partial charge in [-0.05, 0) is 44.9 Å². The summed E-state index contributed by atoms with van der Waals surface area (Å²) in [5.41, 5.74) is -0.155. The van der Waals surface area contributed by atoms with Gasteiger partial charge in [-0.2, -0.15) is 0 Å². The van der Waals surface area contributed by atoms with E-state index in [-0.39, 0.29) is 17.6 Å². The predicted molar refractivity (Wildman–Crippen MR) is 102 cm³/mol. The van der Waals surface area contributed by atoms with E-state index in [4.69, 9.17) is 14.2 Å². The van der Waals surface area contributed by atoms with Gasteiger partial charge in [-0.3, -0.25) is 4.79 Å². The van der Waals surface area contributed by atoms with Crippen LogP contribution in [0.2, 0.25) is 0 Å². The number of nitrogens with one attached hydrogen (secondary N) is 1. The van der Waals surface area contributed by atoms with Gasteiger partial charge in [-0.1, -0.05) is 26.7 Å². The summed E-state index contributed by atoms with van der Waals surface area (Å²) in [6, 6.07) is 4.94. The molecule has 1 amide bonds. The zero-order chi connectivity index (χ0) is 19.7. The van der Waals surface area contributed by atoms with Crippen LogP contribution in [-0.4, -0.2) is 37.8 Å². The maximum absolute atomic E-state index is 12.6. The van der Waals surface area contributed by atoms with Gasteiger partial charge in [-0.15, -0.1) is 0 Å². The molecular formula is C20H31NO5. The zero-order valence-corrected chi connectivity index (χ0v) is 16.7. The number of hydrogen-bond acceptors (Lipinski definition) is 5. The van der Waals surface area contributed by atoms with Gasteiger partial charge in [0.2, 0.25) is 0 Å². The second kappa shape index (κ2) is 10.2. The summed E-state index contributed by atoms with van der Waals surface area (Å²) >= 11 is 0. The highest BCUT2D eigenvalue weighted by atomic mass is 16.5. The van der Waals surface area contributed by atoms with Crippen molar-refractivity contribution in [2.45, 2.75) is 65.1 Å². The number of carbonyl (C=O) groups excluding carboxylic acids is 2. The first kappa shape index (κ1) is 22.0. The lowest BCUT2D eigenvalue weighted by Crippen LogP contribution is -2.42. The number of methoxy groups -OCH3 is 2. The quantitative estimate of drug-likeness (QED) is 0.630. The average molecular weight is 365 g/mol. The van der Waals surface area contributed by atoms with Gasteiger partial charge >= 0.3 is 5.97 Å². The second-order valence-electron chi connectivity index (χ2n) is 6.53. The minimum Gasteiger partial charge on any atom is -0.490 e. The van der Waals surface area contributed by atoms with Crippen molar-refractivity contribution in [2.24, 2.45) is 0 Å². The SMILES string of the molecule is CCCC[C@@](C)(OC)C(=O)Nc1ccc(O[C@@H](C)CC)c(C(=O)OC)c1. The fourth-order valence-electron chi connectivity index (χ4n) is 2.37. The van der Waals surface area contributed by atoms with Gasteiger partial charge < -0.3 is 19.5 Å². The molecule has 0 spiro atoms. The molecule has 0 unspecified atom stereocenters. The molecule has 146 valence electrons. The summed E-state index contributed by atoms with van der Waals surface area (Å²) in [7, 11) is 2.84. The Morgan fingerprint density at radius 1 is 1.23 bits per heavy atom. The number of amides is 1. The van der Waals surface area contributed by atoms with Crippen molar-refractivity contribution in [3.8, 4) is 5.75 Å². The van der Waals surface area contributed by atoms with Gasteiger partial charge in [0.1, 0.15) is 16.9 Å². The number of carbonyl (C=O) groups is 2. The molecule has 1 aromatic carbocycles. The summed E-state index contributed by atoms with van der Waals surface area (Å²) in [6.45, 7) is 7.75. The van der Waals surface area contributed by atoms with Crippen molar-refractivity contribution in [3.05, 3.63) is 23.8 Å². The summed E-state index contributed by atoms with van der Waals surface area (Å²) in [5.74, 6) is -0.329. The van der Waals surface area contributed by atoms with Crippen molar-refractivity contribution in [1.29, 1.82) is 0 Å². The normalized spacial score (nSPS) is 14.2. The molecule has 6 nitrogen and oxygen atoms in total. The fourth-order valence-corrected chi connectivity index (χ4v) is 2.37. The first-order valence-electron chi connectivity index (χ1n) is 9.06. The predicted octanol–water partition coefficient (Wildman–Crippen LogP) is 4.18. The third-order valence-corrected chi connectivity index (χ3v) is 4.48. The lowest BCUT2D eigenvalue weighted by Gasteiger charge is -2.27. The second-order valence-corrected chi connectivity index (χ2v) is 6.53. The summed E-state index contributed by atoms with van der Waals surface area (Å²) in [6.07, 6.45) is 3.24. The van der Waals surface area contributed by atoms with Crippen molar-refractivity contribution >= 4 is 17.6 Å². The van der Waals surface area contributed by atoms with Gasteiger partial charge in [0.15, 0.2) is 0 Å². The standard InChI is InChI=1S/C20H31NO5/c1-7-9-12-20(4,25-6)19(23)21-15-10-11-17(26-14(3)8-2)16(13-15)18(22)24-5/h10-11,13-14H,7-9,12H2,1-6H3,(H,21,23)/t14-,20+/m0/s1. The highest BCUT2D eigenvalue weighted by Gasteiger charge is 2.32. The largest absolute Gasteiger partial charge is 0.490 e. The first-order valence-corrected chi connectivity index (χ1v) is 9.06. The van der Waals surface area contributed by atoms with Crippen molar-refractivity contribution in [2.75, 3.05) is 19.5 Å². The third kappa shape index (κ3) is 5.73. The monoisotopic (exact) mass is 365 g/mol. The summed E-state index contributed by atoms with van der Waals surface area (Å²) < 4.78 is 16.1. The van der Waals surface area contributed by atoms with Crippen LogP contribution in [0.1, 0.15) is 63.7 Å². The first-order chi connectivity index (χ1) is 12.3. The minimum absolute atomic E-state index is 0.0373. The maximum atomic E-state index is 12.6. The molecule has 1 aromatic rings.